The van der Waals surface area contributed by atoms with E-state index in [2.05, 4.69) is 19.9 Å². The van der Waals surface area contributed by atoms with Gasteiger partial charge < -0.3 is 9.84 Å². The Morgan fingerprint density at radius 3 is 3.00 bits per heavy atom. The van der Waals surface area contributed by atoms with Gasteiger partial charge in [-0.3, -0.25) is 5.10 Å². The third-order valence-corrected chi connectivity index (χ3v) is 1.14. The standard InChI is InChI=1S/C5H7N3O3/c1-11-3(5(9)10)4-6-2-7-8-4/h2-3H,1H3,(H,9,10)(H,6,7,8). The maximum atomic E-state index is 10.4. The number of aromatic amines is 1. The van der Waals surface area contributed by atoms with E-state index < -0.39 is 12.1 Å². The highest BCUT2D eigenvalue weighted by molar-refractivity contribution is 5.73. The smallest absolute Gasteiger partial charge is 0.340 e. The zero-order chi connectivity index (χ0) is 8.27. The summed E-state index contributed by atoms with van der Waals surface area (Å²) in [6, 6.07) is 0. The van der Waals surface area contributed by atoms with Gasteiger partial charge in [0.15, 0.2) is 5.82 Å². The van der Waals surface area contributed by atoms with Crippen LogP contribution in [-0.4, -0.2) is 33.4 Å². The van der Waals surface area contributed by atoms with E-state index in [1.807, 2.05) is 0 Å². The van der Waals surface area contributed by atoms with Crippen molar-refractivity contribution >= 4 is 5.97 Å². The summed E-state index contributed by atoms with van der Waals surface area (Å²) in [4.78, 5) is 14.1. The molecule has 1 unspecified atom stereocenters. The van der Waals surface area contributed by atoms with Crippen LogP contribution in [0.4, 0.5) is 0 Å². The first-order valence-electron chi connectivity index (χ1n) is 2.86. The fraction of sp³-hybridized carbons (Fsp3) is 0.400. The lowest BCUT2D eigenvalue weighted by Crippen LogP contribution is -2.14. The van der Waals surface area contributed by atoms with Crippen molar-refractivity contribution in [3.63, 3.8) is 0 Å². The first kappa shape index (κ1) is 7.67. The zero-order valence-corrected chi connectivity index (χ0v) is 5.81. The van der Waals surface area contributed by atoms with Crippen LogP contribution in [0.5, 0.6) is 0 Å². The lowest BCUT2D eigenvalue weighted by molar-refractivity contribution is -0.149. The van der Waals surface area contributed by atoms with Gasteiger partial charge in [0.2, 0.25) is 6.10 Å². The lowest BCUT2D eigenvalue weighted by Gasteiger charge is -2.04. The molecular weight excluding hydrogens is 150 g/mol. The van der Waals surface area contributed by atoms with Crippen LogP contribution in [0.3, 0.4) is 0 Å². The Bertz CT molecular complexity index is 233. The molecule has 1 rings (SSSR count). The summed E-state index contributed by atoms with van der Waals surface area (Å²) in [5.41, 5.74) is 0. The maximum Gasteiger partial charge on any atom is 0.340 e. The molecule has 1 atom stereocenters. The van der Waals surface area contributed by atoms with Crippen molar-refractivity contribution in [3.8, 4) is 0 Å². The van der Waals surface area contributed by atoms with E-state index in [4.69, 9.17) is 5.11 Å². The average molecular weight is 157 g/mol. The number of methoxy groups -OCH3 is 1. The summed E-state index contributed by atoms with van der Waals surface area (Å²) < 4.78 is 4.62. The van der Waals surface area contributed by atoms with Crippen LogP contribution in [0.15, 0.2) is 6.33 Å². The molecule has 0 aromatic carbocycles. The fourth-order valence-corrected chi connectivity index (χ4v) is 0.671. The van der Waals surface area contributed by atoms with E-state index >= 15 is 0 Å². The summed E-state index contributed by atoms with van der Waals surface area (Å²) in [6.45, 7) is 0. The Morgan fingerprint density at radius 1 is 1.91 bits per heavy atom. The Kier molecular flexibility index (Phi) is 2.17. The Hall–Kier alpha value is -1.43. The second kappa shape index (κ2) is 3.11. The van der Waals surface area contributed by atoms with Gasteiger partial charge in [-0.25, -0.2) is 9.78 Å². The minimum absolute atomic E-state index is 0.194. The number of ether oxygens (including phenoxy) is 1. The lowest BCUT2D eigenvalue weighted by atomic mass is 10.3. The van der Waals surface area contributed by atoms with Crippen molar-refractivity contribution in [1.82, 2.24) is 15.2 Å². The molecule has 0 aliphatic heterocycles. The SMILES string of the molecule is COC(C(=O)O)c1ncn[nH]1. The van der Waals surface area contributed by atoms with Crippen LogP contribution < -0.4 is 0 Å². The van der Waals surface area contributed by atoms with Gasteiger partial charge in [-0.1, -0.05) is 0 Å². The number of H-pyrrole nitrogens is 1. The molecule has 0 amide bonds. The minimum Gasteiger partial charge on any atom is -0.479 e. The van der Waals surface area contributed by atoms with Gasteiger partial charge >= 0.3 is 5.97 Å². The Morgan fingerprint density at radius 2 is 2.64 bits per heavy atom. The first-order chi connectivity index (χ1) is 5.25. The molecule has 1 aromatic heterocycles. The molecule has 0 saturated carbocycles. The number of hydrogen-bond donors (Lipinski definition) is 2. The first-order valence-corrected chi connectivity index (χ1v) is 2.86. The Labute approximate surface area is 62.2 Å². The van der Waals surface area contributed by atoms with E-state index in [1.54, 1.807) is 0 Å². The number of hydrogen-bond acceptors (Lipinski definition) is 4. The monoisotopic (exact) mass is 157 g/mol. The van der Waals surface area contributed by atoms with Crippen molar-refractivity contribution in [2.45, 2.75) is 6.10 Å². The number of carboxylic acids is 1. The van der Waals surface area contributed by atoms with Gasteiger partial charge in [-0.15, -0.1) is 0 Å². The van der Waals surface area contributed by atoms with E-state index in [0.717, 1.165) is 0 Å². The molecule has 0 spiro atoms. The van der Waals surface area contributed by atoms with Crippen molar-refractivity contribution < 1.29 is 14.6 Å². The van der Waals surface area contributed by atoms with Gasteiger partial charge in [0, 0.05) is 7.11 Å². The van der Waals surface area contributed by atoms with Crippen molar-refractivity contribution in [3.05, 3.63) is 12.2 Å². The molecule has 0 aliphatic rings. The van der Waals surface area contributed by atoms with Gasteiger partial charge in [0.25, 0.3) is 0 Å². The van der Waals surface area contributed by atoms with Gasteiger partial charge in [-0.05, 0) is 0 Å². The van der Waals surface area contributed by atoms with Gasteiger partial charge in [0.1, 0.15) is 6.33 Å². The number of carbonyl (C=O) groups is 1. The third-order valence-electron chi connectivity index (χ3n) is 1.14. The number of rotatable bonds is 3. The van der Waals surface area contributed by atoms with Crippen LogP contribution in [0.25, 0.3) is 0 Å². The molecule has 0 bridgehead atoms. The molecule has 11 heavy (non-hydrogen) atoms. The largest absolute Gasteiger partial charge is 0.479 e. The van der Waals surface area contributed by atoms with Crippen molar-refractivity contribution in [2.24, 2.45) is 0 Å². The predicted molar refractivity (Wildman–Crippen MR) is 33.8 cm³/mol. The molecule has 1 aromatic rings. The molecular formula is C5H7N3O3. The number of aromatic nitrogens is 3. The highest BCUT2D eigenvalue weighted by atomic mass is 16.5. The van der Waals surface area contributed by atoms with E-state index in [9.17, 15) is 4.79 Å². The molecule has 0 saturated heterocycles. The number of nitrogens with zero attached hydrogens (tertiary/aromatic N) is 2. The second-order valence-corrected chi connectivity index (χ2v) is 1.82. The maximum absolute atomic E-state index is 10.4. The summed E-state index contributed by atoms with van der Waals surface area (Å²) in [7, 11) is 1.29. The predicted octanol–water partition coefficient (Wildman–Crippen LogP) is -0.423. The zero-order valence-electron chi connectivity index (χ0n) is 5.81. The molecule has 6 nitrogen and oxygen atoms in total. The van der Waals surface area contributed by atoms with Gasteiger partial charge in [-0.2, -0.15) is 5.10 Å². The Balaban J connectivity index is 2.79. The highest BCUT2D eigenvalue weighted by Crippen LogP contribution is 2.09. The van der Waals surface area contributed by atoms with Crippen LogP contribution in [0.1, 0.15) is 11.9 Å². The molecule has 6 heteroatoms. The van der Waals surface area contributed by atoms with Crippen molar-refractivity contribution in [1.29, 1.82) is 0 Å². The van der Waals surface area contributed by atoms with Crippen LogP contribution in [0, 0.1) is 0 Å². The average Bonchev–Trinajstić information content (AvgIpc) is 2.40. The van der Waals surface area contributed by atoms with Crippen LogP contribution in [-0.2, 0) is 9.53 Å². The van der Waals surface area contributed by atoms with E-state index in [0.29, 0.717) is 0 Å². The topological polar surface area (TPSA) is 88.1 Å². The fourth-order valence-electron chi connectivity index (χ4n) is 0.671. The van der Waals surface area contributed by atoms with E-state index in [-0.39, 0.29) is 5.82 Å². The quantitative estimate of drug-likeness (QED) is 0.621. The number of carboxylic acid groups (broad SMARTS) is 1. The van der Waals surface area contributed by atoms with E-state index in [1.165, 1.54) is 13.4 Å². The summed E-state index contributed by atoms with van der Waals surface area (Å²) in [6.07, 6.45) is 0.169. The second-order valence-electron chi connectivity index (χ2n) is 1.82. The van der Waals surface area contributed by atoms with Crippen LogP contribution >= 0.6 is 0 Å². The van der Waals surface area contributed by atoms with Gasteiger partial charge in [0.05, 0.1) is 0 Å². The summed E-state index contributed by atoms with van der Waals surface area (Å²) in [5.74, 6) is -0.899. The summed E-state index contributed by atoms with van der Waals surface area (Å²) in [5, 5.41) is 14.4. The third kappa shape index (κ3) is 1.53. The normalized spacial score (nSPS) is 12.8. The number of nitrogens with one attached hydrogen (secondary N) is 1. The molecule has 60 valence electrons. The molecule has 2 N–H and O–H groups in total. The highest BCUT2D eigenvalue weighted by Gasteiger charge is 2.21. The van der Waals surface area contributed by atoms with Crippen molar-refractivity contribution in [2.75, 3.05) is 7.11 Å². The molecule has 0 fully saturated rings. The molecule has 0 radical (unpaired) electrons. The molecule has 0 aliphatic carbocycles. The molecule has 1 heterocycles. The summed E-state index contributed by atoms with van der Waals surface area (Å²) >= 11 is 0. The van der Waals surface area contributed by atoms with Crippen LogP contribution in [0.2, 0.25) is 0 Å². The number of aliphatic carboxylic acids is 1. The minimum atomic E-state index is -1.09.